The molecule has 2 aromatic rings. The Morgan fingerprint density at radius 2 is 1.71 bits per heavy atom. The number of piperazine rings is 1. The first-order valence-corrected chi connectivity index (χ1v) is 11.9. The molecule has 2 fully saturated rings. The van der Waals surface area contributed by atoms with Crippen molar-refractivity contribution in [2.24, 2.45) is 0 Å². The summed E-state index contributed by atoms with van der Waals surface area (Å²) in [7, 11) is 1.71. The molecule has 0 unspecified atom stereocenters. The van der Waals surface area contributed by atoms with Gasteiger partial charge in [0.2, 0.25) is 0 Å². The summed E-state index contributed by atoms with van der Waals surface area (Å²) in [5.74, 6) is 1.81. The van der Waals surface area contributed by atoms with E-state index in [2.05, 4.69) is 58.2 Å². The van der Waals surface area contributed by atoms with Gasteiger partial charge in [0.1, 0.15) is 5.75 Å². The monoisotopic (exact) mass is 426 g/mol. The van der Waals surface area contributed by atoms with Crippen LogP contribution in [0.25, 0.3) is 0 Å². The van der Waals surface area contributed by atoms with Crippen molar-refractivity contribution in [1.29, 1.82) is 0 Å². The van der Waals surface area contributed by atoms with Crippen LogP contribution in [0.5, 0.6) is 5.75 Å². The number of tetrazole rings is 1. The van der Waals surface area contributed by atoms with Crippen molar-refractivity contribution >= 4 is 0 Å². The first kappa shape index (κ1) is 22.2. The van der Waals surface area contributed by atoms with Crippen LogP contribution in [0.4, 0.5) is 0 Å². The van der Waals surface area contributed by atoms with Crippen LogP contribution in [-0.2, 0) is 5.54 Å². The van der Waals surface area contributed by atoms with E-state index < -0.39 is 0 Å². The lowest BCUT2D eigenvalue weighted by Crippen LogP contribution is -2.52. The second-order valence-electron chi connectivity index (χ2n) is 9.65. The Hall–Kier alpha value is -1.99. The molecule has 0 spiro atoms. The largest absolute Gasteiger partial charge is 0.497 e. The highest BCUT2D eigenvalue weighted by Gasteiger charge is 2.35. The maximum atomic E-state index is 5.40. The SMILES string of the molecule is CCC(C)(C)n1nnnc1[C@@H](c1ccc(OC)cc1)N1CCN(C2CCCCC2)CC1. The summed E-state index contributed by atoms with van der Waals surface area (Å²) in [6.45, 7) is 10.9. The minimum atomic E-state index is -0.131. The summed E-state index contributed by atoms with van der Waals surface area (Å²) < 4.78 is 7.43. The molecule has 1 aromatic carbocycles. The molecule has 2 aliphatic rings. The molecule has 170 valence electrons. The third kappa shape index (κ3) is 4.77. The molecule has 0 bridgehead atoms. The third-order valence-corrected chi connectivity index (χ3v) is 7.41. The highest BCUT2D eigenvalue weighted by molar-refractivity contribution is 5.32. The molecule has 4 rings (SSSR count). The molecule has 1 aromatic heterocycles. The zero-order valence-corrected chi connectivity index (χ0v) is 19.6. The molecule has 7 nitrogen and oxygen atoms in total. The smallest absolute Gasteiger partial charge is 0.173 e. The van der Waals surface area contributed by atoms with Crippen molar-refractivity contribution in [2.45, 2.75) is 76.9 Å². The van der Waals surface area contributed by atoms with Crippen molar-refractivity contribution in [3.8, 4) is 5.75 Å². The first-order valence-electron chi connectivity index (χ1n) is 11.9. The summed E-state index contributed by atoms with van der Waals surface area (Å²) >= 11 is 0. The van der Waals surface area contributed by atoms with Crippen molar-refractivity contribution in [3.05, 3.63) is 35.7 Å². The van der Waals surface area contributed by atoms with Crippen LogP contribution in [0.3, 0.4) is 0 Å². The number of benzene rings is 1. The number of hydrogen-bond acceptors (Lipinski definition) is 6. The Morgan fingerprint density at radius 3 is 2.32 bits per heavy atom. The topological polar surface area (TPSA) is 59.3 Å². The molecule has 1 aliphatic carbocycles. The molecule has 31 heavy (non-hydrogen) atoms. The van der Waals surface area contributed by atoms with E-state index in [1.54, 1.807) is 7.11 Å². The summed E-state index contributed by atoms with van der Waals surface area (Å²) in [6, 6.07) is 9.23. The maximum Gasteiger partial charge on any atom is 0.173 e. The predicted molar refractivity (Wildman–Crippen MR) is 122 cm³/mol. The molecular formula is C24H38N6O. The number of aromatic nitrogens is 4. The lowest BCUT2D eigenvalue weighted by molar-refractivity contribution is 0.0606. The van der Waals surface area contributed by atoms with Crippen LogP contribution in [0.1, 0.15) is 76.7 Å². The van der Waals surface area contributed by atoms with Gasteiger partial charge >= 0.3 is 0 Å². The van der Waals surface area contributed by atoms with E-state index in [1.807, 2.05) is 16.8 Å². The van der Waals surface area contributed by atoms with Gasteiger partial charge < -0.3 is 4.74 Å². The molecule has 7 heteroatoms. The van der Waals surface area contributed by atoms with E-state index in [4.69, 9.17) is 4.74 Å². The summed E-state index contributed by atoms with van der Waals surface area (Å²) in [5, 5.41) is 13.1. The Kier molecular flexibility index (Phi) is 6.92. The van der Waals surface area contributed by atoms with Gasteiger partial charge in [-0.15, -0.1) is 5.10 Å². The number of rotatable bonds is 7. The number of methoxy groups -OCH3 is 1. The number of hydrogen-bond donors (Lipinski definition) is 0. The fraction of sp³-hybridized carbons (Fsp3) is 0.708. The highest BCUT2D eigenvalue weighted by atomic mass is 16.5. The molecule has 0 amide bonds. The fourth-order valence-electron chi connectivity index (χ4n) is 5.06. The lowest BCUT2D eigenvalue weighted by atomic mass is 9.93. The van der Waals surface area contributed by atoms with Gasteiger partial charge in [-0.2, -0.15) is 0 Å². The van der Waals surface area contributed by atoms with Gasteiger partial charge in [-0.1, -0.05) is 38.3 Å². The Balaban J connectivity index is 1.60. The molecule has 0 N–H and O–H groups in total. The van der Waals surface area contributed by atoms with Gasteiger partial charge in [0.25, 0.3) is 0 Å². The molecule has 0 radical (unpaired) electrons. The first-order chi connectivity index (χ1) is 15.0. The van der Waals surface area contributed by atoms with E-state index in [0.29, 0.717) is 0 Å². The van der Waals surface area contributed by atoms with Gasteiger partial charge in [-0.25, -0.2) is 4.68 Å². The van der Waals surface area contributed by atoms with Gasteiger partial charge in [0.15, 0.2) is 5.82 Å². The fourth-order valence-corrected chi connectivity index (χ4v) is 5.06. The third-order valence-electron chi connectivity index (χ3n) is 7.41. The predicted octanol–water partition coefficient (Wildman–Crippen LogP) is 3.87. The number of ether oxygens (including phenoxy) is 1. The van der Waals surface area contributed by atoms with Gasteiger partial charge in [-0.3, -0.25) is 9.80 Å². The minimum Gasteiger partial charge on any atom is -0.497 e. The molecular weight excluding hydrogens is 388 g/mol. The Labute approximate surface area is 186 Å². The van der Waals surface area contributed by atoms with E-state index in [-0.39, 0.29) is 11.6 Å². The van der Waals surface area contributed by atoms with Crippen molar-refractivity contribution in [2.75, 3.05) is 33.3 Å². The zero-order valence-electron chi connectivity index (χ0n) is 19.6. The van der Waals surface area contributed by atoms with E-state index in [9.17, 15) is 0 Å². The molecule has 2 heterocycles. The second kappa shape index (κ2) is 9.65. The summed E-state index contributed by atoms with van der Waals surface area (Å²) in [4.78, 5) is 5.29. The van der Waals surface area contributed by atoms with Gasteiger partial charge in [0, 0.05) is 32.2 Å². The molecule has 1 saturated heterocycles. The van der Waals surface area contributed by atoms with E-state index in [1.165, 1.54) is 37.7 Å². The van der Waals surface area contributed by atoms with Gasteiger partial charge in [0.05, 0.1) is 18.7 Å². The van der Waals surface area contributed by atoms with Crippen LogP contribution in [-0.4, -0.2) is 69.3 Å². The maximum absolute atomic E-state index is 5.40. The number of nitrogens with zero attached hydrogens (tertiary/aromatic N) is 6. The van der Waals surface area contributed by atoms with Gasteiger partial charge in [-0.05, 0) is 61.2 Å². The van der Waals surface area contributed by atoms with Crippen molar-refractivity contribution < 1.29 is 4.74 Å². The molecule has 1 atom stereocenters. The van der Waals surface area contributed by atoms with Crippen LogP contribution >= 0.6 is 0 Å². The van der Waals surface area contributed by atoms with E-state index in [0.717, 1.165) is 50.2 Å². The van der Waals surface area contributed by atoms with Crippen LogP contribution < -0.4 is 4.74 Å². The average Bonchev–Trinajstić information content (AvgIpc) is 3.31. The van der Waals surface area contributed by atoms with Crippen LogP contribution in [0.2, 0.25) is 0 Å². The van der Waals surface area contributed by atoms with Crippen LogP contribution in [0, 0.1) is 0 Å². The van der Waals surface area contributed by atoms with Crippen LogP contribution in [0.15, 0.2) is 24.3 Å². The molecule has 1 aliphatic heterocycles. The van der Waals surface area contributed by atoms with Crippen molar-refractivity contribution in [3.63, 3.8) is 0 Å². The van der Waals surface area contributed by atoms with Crippen molar-refractivity contribution in [1.82, 2.24) is 30.0 Å². The van der Waals surface area contributed by atoms with E-state index >= 15 is 0 Å². The Morgan fingerprint density at radius 1 is 1.03 bits per heavy atom. The summed E-state index contributed by atoms with van der Waals surface area (Å²) in [6.07, 6.45) is 7.89. The standard InChI is InChI=1S/C24H38N6O/c1-5-24(2,3)30-23(25-26-27-30)22(19-11-13-21(31-4)14-12-19)29-17-15-28(16-18-29)20-9-7-6-8-10-20/h11-14,20,22H,5-10,15-18H2,1-4H3/t22-/m1/s1. The Bertz CT molecular complexity index is 819. The highest BCUT2D eigenvalue weighted by Crippen LogP contribution is 2.33. The average molecular weight is 427 g/mol. The normalized spacial score (nSPS) is 20.6. The summed E-state index contributed by atoms with van der Waals surface area (Å²) in [5.41, 5.74) is 1.09. The molecule has 1 saturated carbocycles. The second-order valence-corrected chi connectivity index (χ2v) is 9.65. The lowest BCUT2D eigenvalue weighted by Gasteiger charge is -2.43. The minimum absolute atomic E-state index is 0.0419. The zero-order chi connectivity index (χ0) is 21.8. The quantitative estimate of drug-likeness (QED) is 0.670.